The molecule has 126 valence electrons. The summed E-state index contributed by atoms with van der Waals surface area (Å²) in [5.41, 5.74) is 12.1. The van der Waals surface area contributed by atoms with Crippen LogP contribution in [0.5, 0.6) is 0 Å². The lowest BCUT2D eigenvalue weighted by Gasteiger charge is -2.00. The molecule has 24 heavy (non-hydrogen) atoms. The number of H-pyrrole nitrogens is 1. The molecule has 3 aromatic heterocycles. The minimum absolute atomic E-state index is 0.369. The third-order valence-electron chi connectivity index (χ3n) is 4.27. The summed E-state index contributed by atoms with van der Waals surface area (Å²) < 4.78 is 1.69. The van der Waals surface area contributed by atoms with Gasteiger partial charge in [0.1, 0.15) is 11.3 Å². The van der Waals surface area contributed by atoms with Gasteiger partial charge in [-0.1, -0.05) is 20.3 Å². The van der Waals surface area contributed by atoms with E-state index in [2.05, 4.69) is 35.0 Å². The third-order valence-corrected chi connectivity index (χ3v) is 4.27. The molecule has 0 unspecified atom stereocenters. The van der Waals surface area contributed by atoms with Crippen LogP contribution >= 0.6 is 0 Å². The third kappa shape index (κ3) is 2.58. The highest BCUT2D eigenvalue weighted by Crippen LogP contribution is 2.28. The summed E-state index contributed by atoms with van der Waals surface area (Å²) in [6.07, 6.45) is 2.96. The molecule has 0 saturated heterocycles. The molecule has 6 nitrogen and oxygen atoms in total. The van der Waals surface area contributed by atoms with E-state index in [4.69, 9.17) is 5.73 Å². The molecule has 0 spiro atoms. The number of carbonyl (C=O) groups is 1. The maximum Gasteiger partial charge on any atom is 0.254 e. The fraction of sp³-hybridized carbons (Fsp3) is 0.389. The lowest BCUT2D eigenvalue weighted by Crippen LogP contribution is -2.12. The van der Waals surface area contributed by atoms with Gasteiger partial charge in [0, 0.05) is 17.1 Å². The van der Waals surface area contributed by atoms with Crippen molar-refractivity contribution < 1.29 is 4.79 Å². The van der Waals surface area contributed by atoms with E-state index in [9.17, 15) is 4.79 Å². The number of hydrogen-bond acceptors (Lipinski definition) is 3. The summed E-state index contributed by atoms with van der Waals surface area (Å²) in [5, 5.41) is 4.62. The van der Waals surface area contributed by atoms with Crippen molar-refractivity contribution in [2.45, 2.75) is 47.0 Å². The van der Waals surface area contributed by atoms with Crippen LogP contribution in [0.2, 0.25) is 0 Å². The maximum absolute atomic E-state index is 12.1. The molecule has 1 amide bonds. The number of amides is 1. The maximum atomic E-state index is 12.1. The van der Waals surface area contributed by atoms with Crippen LogP contribution in [0.3, 0.4) is 0 Å². The molecule has 3 N–H and O–H groups in total. The number of rotatable bonds is 5. The Kier molecular flexibility index (Phi) is 4.13. The van der Waals surface area contributed by atoms with E-state index in [1.54, 1.807) is 4.52 Å². The van der Waals surface area contributed by atoms with Crippen LogP contribution in [-0.4, -0.2) is 25.5 Å². The van der Waals surface area contributed by atoms with Crippen LogP contribution in [0.1, 0.15) is 53.3 Å². The van der Waals surface area contributed by atoms with Crippen LogP contribution in [0, 0.1) is 13.8 Å². The van der Waals surface area contributed by atoms with Crippen molar-refractivity contribution in [1.82, 2.24) is 19.6 Å². The van der Waals surface area contributed by atoms with Gasteiger partial charge in [0.05, 0.1) is 5.69 Å². The molecule has 3 aromatic rings. The van der Waals surface area contributed by atoms with Gasteiger partial charge in [-0.25, -0.2) is 9.50 Å². The Morgan fingerprint density at radius 1 is 1.29 bits per heavy atom. The van der Waals surface area contributed by atoms with Gasteiger partial charge in [-0.2, -0.15) is 5.10 Å². The topological polar surface area (TPSA) is 89.1 Å². The first-order valence-electron chi connectivity index (χ1n) is 8.34. The molecule has 0 saturated carbocycles. The first-order valence-corrected chi connectivity index (χ1v) is 8.34. The molecular formula is C18H23N5O. The lowest BCUT2D eigenvalue weighted by atomic mass is 10.1. The Morgan fingerprint density at radius 2 is 2.04 bits per heavy atom. The molecule has 3 heterocycles. The van der Waals surface area contributed by atoms with Gasteiger partial charge in [-0.3, -0.25) is 4.79 Å². The number of nitrogens with zero attached hydrogens (tertiary/aromatic N) is 3. The number of primary amides is 1. The second-order valence-corrected chi connectivity index (χ2v) is 6.15. The zero-order valence-electron chi connectivity index (χ0n) is 14.6. The van der Waals surface area contributed by atoms with Crippen molar-refractivity contribution in [3.63, 3.8) is 0 Å². The molecule has 0 aliphatic carbocycles. The van der Waals surface area contributed by atoms with Gasteiger partial charge in [-0.15, -0.1) is 0 Å². The van der Waals surface area contributed by atoms with E-state index in [1.165, 1.54) is 11.3 Å². The molecule has 0 aromatic carbocycles. The van der Waals surface area contributed by atoms with Crippen molar-refractivity contribution in [2.24, 2.45) is 5.73 Å². The summed E-state index contributed by atoms with van der Waals surface area (Å²) in [5.74, 6) is -0.512. The molecule has 6 heteroatoms. The van der Waals surface area contributed by atoms with Crippen LogP contribution in [-0.2, 0) is 12.8 Å². The van der Waals surface area contributed by atoms with Gasteiger partial charge < -0.3 is 10.7 Å². The van der Waals surface area contributed by atoms with Crippen LogP contribution in [0.4, 0.5) is 0 Å². The normalized spacial score (nSPS) is 11.3. The van der Waals surface area contributed by atoms with E-state index in [1.807, 2.05) is 19.9 Å². The van der Waals surface area contributed by atoms with Gasteiger partial charge in [0.25, 0.3) is 5.91 Å². The van der Waals surface area contributed by atoms with Gasteiger partial charge in [0.2, 0.25) is 0 Å². The predicted octanol–water partition coefficient (Wildman–Crippen LogP) is 2.96. The van der Waals surface area contributed by atoms with E-state index in [0.29, 0.717) is 16.9 Å². The Balaban J connectivity index is 2.28. The summed E-state index contributed by atoms with van der Waals surface area (Å²) in [7, 11) is 0. The Morgan fingerprint density at radius 3 is 2.67 bits per heavy atom. The molecule has 0 aliphatic rings. The molecule has 0 atom stereocenters. The highest BCUT2D eigenvalue weighted by molar-refractivity contribution is 6.04. The molecule has 0 radical (unpaired) electrons. The predicted molar refractivity (Wildman–Crippen MR) is 94.1 cm³/mol. The van der Waals surface area contributed by atoms with Crippen molar-refractivity contribution in [2.75, 3.05) is 0 Å². The zero-order valence-corrected chi connectivity index (χ0v) is 14.6. The van der Waals surface area contributed by atoms with Crippen molar-refractivity contribution >= 4 is 11.6 Å². The van der Waals surface area contributed by atoms with Crippen molar-refractivity contribution in [1.29, 1.82) is 0 Å². The highest BCUT2D eigenvalue weighted by atomic mass is 16.1. The fourth-order valence-corrected chi connectivity index (χ4v) is 3.19. The average Bonchev–Trinajstić information content (AvgIpc) is 3.08. The number of aryl methyl sites for hydroxylation is 4. The minimum Gasteiger partial charge on any atom is -0.365 e. The average molecular weight is 325 g/mol. The molecule has 0 bridgehead atoms. The van der Waals surface area contributed by atoms with Crippen molar-refractivity contribution in [3.8, 4) is 11.4 Å². The Bertz CT molecular complexity index is 919. The molecule has 3 rings (SSSR count). The monoisotopic (exact) mass is 325 g/mol. The number of hydrogen-bond donors (Lipinski definition) is 2. The Labute approximate surface area is 141 Å². The summed E-state index contributed by atoms with van der Waals surface area (Å²) in [4.78, 5) is 20.0. The fourth-order valence-electron chi connectivity index (χ4n) is 3.19. The summed E-state index contributed by atoms with van der Waals surface area (Å²) in [6.45, 7) is 8.11. The quantitative estimate of drug-likeness (QED) is 0.756. The van der Waals surface area contributed by atoms with Crippen LogP contribution in [0.25, 0.3) is 17.0 Å². The standard InChI is InChI=1S/C18H23N5O/c1-5-7-13-12(6-2)9-14(21-13)16-15(17(19)24)18-20-10(3)8-11(4)23(18)22-16/h8-9,21H,5-7H2,1-4H3,(H2,19,24). The molecular weight excluding hydrogens is 302 g/mol. The SMILES string of the molecule is CCCc1[nH]c(-c2nn3c(C)cc(C)nc3c2C(N)=O)cc1CC. The summed E-state index contributed by atoms with van der Waals surface area (Å²) in [6, 6.07) is 4.00. The van der Waals surface area contributed by atoms with E-state index < -0.39 is 5.91 Å². The minimum atomic E-state index is -0.512. The smallest absolute Gasteiger partial charge is 0.254 e. The highest BCUT2D eigenvalue weighted by Gasteiger charge is 2.23. The molecule has 0 fully saturated rings. The van der Waals surface area contributed by atoms with E-state index in [0.717, 1.165) is 36.3 Å². The van der Waals surface area contributed by atoms with E-state index >= 15 is 0 Å². The van der Waals surface area contributed by atoms with Crippen molar-refractivity contribution in [3.05, 3.63) is 40.3 Å². The zero-order chi connectivity index (χ0) is 17.4. The number of nitrogens with one attached hydrogen (secondary N) is 1. The second-order valence-electron chi connectivity index (χ2n) is 6.15. The van der Waals surface area contributed by atoms with Gasteiger partial charge >= 0.3 is 0 Å². The van der Waals surface area contributed by atoms with Crippen LogP contribution in [0.15, 0.2) is 12.1 Å². The largest absolute Gasteiger partial charge is 0.365 e. The van der Waals surface area contributed by atoms with Crippen LogP contribution < -0.4 is 5.73 Å². The number of nitrogens with two attached hydrogens (primary N) is 1. The lowest BCUT2D eigenvalue weighted by molar-refractivity contribution is 0.100. The summed E-state index contributed by atoms with van der Waals surface area (Å²) >= 11 is 0. The first-order chi connectivity index (χ1) is 11.5. The Hall–Kier alpha value is -2.63. The number of aromatic nitrogens is 4. The first kappa shape index (κ1) is 16.2. The van der Waals surface area contributed by atoms with Gasteiger partial charge in [0.15, 0.2) is 5.65 Å². The number of fused-ring (bicyclic) bond motifs is 1. The van der Waals surface area contributed by atoms with Gasteiger partial charge in [-0.05, 0) is 44.4 Å². The second kappa shape index (κ2) is 6.11. The van der Waals surface area contributed by atoms with E-state index in [-0.39, 0.29) is 0 Å². The number of carbonyl (C=O) groups excluding carboxylic acids is 1. The number of aromatic amines is 1. The molecule has 0 aliphatic heterocycles.